The topological polar surface area (TPSA) is 170 Å². The van der Waals surface area contributed by atoms with Crippen molar-refractivity contribution in [2.24, 2.45) is 11.7 Å². The minimum atomic E-state index is -4.66. The molecule has 2 aliphatic heterocycles. The molecule has 13 nitrogen and oxygen atoms in total. The van der Waals surface area contributed by atoms with Crippen molar-refractivity contribution in [1.29, 1.82) is 0 Å². The van der Waals surface area contributed by atoms with E-state index < -0.39 is 47.5 Å². The van der Waals surface area contributed by atoms with E-state index in [1.807, 2.05) is 12.2 Å². The fourth-order valence-electron chi connectivity index (χ4n) is 6.29. The maximum atomic E-state index is 13.9. The van der Waals surface area contributed by atoms with Gasteiger partial charge in [0, 0.05) is 42.8 Å². The van der Waals surface area contributed by atoms with E-state index in [0.717, 1.165) is 21.6 Å². The number of ether oxygens (including phenoxy) is 2. The number of urea groups is 2. The van der Waals surface area contributed by atoms with Crippen molar-refractivity contribution in [1.82, 2.24) is 30.1 Å². The molecule has 4 heterocycles. The summed E-state index contributed by atoms with van der Waals surface area (Å²) >= 11 is 0.731. The Bertz CT molecular complexity index is 1830. The molecule has 49 heavy (non-hydrogen) atoms. The van der Waals surface area contributed by atoms with Crippen LogP contribution in [0.1, 0.15) is 49.8 Å². The van der Waals surface area contributed by atoms with Crippen molar-refractivity contribution < 1.29 is 41.8 Å². The summed E-state index contributed by atoms with van der Waals surface area (Å²) < 4.78 is 52.0. The molecule has 1 saturated carbocycles. The summed E-state index contributed by atoms with van der Waals surface area (Å²) in [6.07, 6.45) is 1.56. The van der Waals surface area contributed by atoms with Gasteiger partial charge < -0.3 is 30.2 Å². The molecule has 0 unspecified atom stereocenters. The van der Waals surface area contributed by atoms with Crippen LogP contribution in [0.3, 0.4) is 0 Å². The molecule has 1 aliphatic carbocycles. The monoisotopic (exact) mass is 701 g/mol. The van der Waals surface area contributed by atoms with Crippen LogP contribution in [0.25, 0.3) is 21.7 Å². The Morgan fingerprint density at radius 3 is 2.67 bits per heavy atom. The summed E-state index contributed by atoms with van der Waals surface area (Å²) in [7, 11) is 1.48. The largest absolute Gasteiger partial charge is 0.496 e. The number of piperidine rings is 1. The zero-order chi connectivity index (χ0) is 35.1. The maximum absolute atomic E-state index is 13.9. The molecule has 2 fully saturated rings. The Kier molecular flexibility index (Phi) is 9.21. The van der Waals surface area contributed by atoms with Crippen LogP contribution in [-0.4, -0.2) is 86.9 Å². The Morgan fingerprint density at radius 2 is 1.98 bits per heavy atom. The molecular formula is C32H34F3N7O6S. The third-order valence-corrected chi connectivity index (χ3v) is 9.96. The van der Waals surface area contributed by atoms with Crippen molar-refractivity contribution in [3.8, 4) is 22.5 Å². The lowest BCUT2D eigenvalue weighted by molar-refractivity contribution is -0.140. The fraction of sp³-hybridized carbons (Fsp3) is 0.469. The number of carbonyl (C=O) groups is 4. The van der Waals surface area contributed by atoms with Crippen LogP contribution in [0, 0.1) is 12.8 Å². The molecule has 3 aromatic rings. The number of aryl methyl sites for hydroxylation is 1. The van der Waals surface area contributed by atoms with Crippen molar-refractivity contribution >= 4 is 46.5 Å². The normalized spacial score (nSPS) is 25.4. The van der Waals surface area contributed by atoms with Gasteiger partial charge in [-0.05, 0) is 44.7 Å². The van der Waals surface area contributed by atoms with Crippen molar-refractivity contribution in [2.75, 3.05) is 20.2 Å². The van der Waals surface area contributed by atoms with Gasteiger partial charge >= 0.3 is 18.2 Å². The smallest absolute Gasteiger partial charge is 0.434 e. The first-order chi connectivity index (χ1) is 23.3. The number of allylic oxidation sites excluding steroid dienone is 1. The zero-order valence-corrected chi connectivity index (χ0v) is 27.5. The van der Waals surface area contributed by atoms with E-state index in [1.165, 1.54) is 12.0 Å². The second kappa shape index (κ2) is 13.2. The number of primary amides is 1. The first-order valence-corrected chi connectivity index (χ1v) is 16.6. The van der Waals surface area contributed by atoms with Crippen LogP contribution in [0.2, 0.25) is 0 Å². The maximum Gasteiger partial charge on any atom is 0.434 e. The number of alkyl halides is 3. The van der Waals surface area contributed by atoms with Crippen molar-refractivity contribution in [2.45, 2.75) is 69.3 Å². The Hall–Kier alpha value is -4.80. The van der Waals surface area contributed by atoms with E-state index in [-0.39, 0.29) is 48.6 Å². The first-order valence-electron chi connectivity index (χ1n) is 15.7. The molecule has 2 aromatic heterocycles. The molecule has 1 aromatic carbocycles. The Labute approximate surface area is 282 Å². The Balaban J connectivity index is 1.35. The van der Waals surface area contributed by atoms with Gasteiger partial charge in [-0.2, -0.15) is 18.2 Å². The molecule has 3 N–H and O–H groups in total. The van der Waals surface area contributed by atoms with Gasteiger partial charge in [-0.1, -0.05) is 12.2 Å². The number of halogens is 3. The van der Waals surface area contributed by atoms with E-state index in [2.05, 4.69) is 20.3 Å². The number of hydrogen-bond donors (Lipinski definition) is 2. The number of nitrogens with two attached hydrogens (primary N) is 1. The van der Waals surface area contributed by atoms with E-state index in [0.29, 0.717) is 54.2 Å². The molecule has 3 aliphatic rings. The highest BCUT2D eigenvalue weighted by Gasteiger charge is 2.55. The molecule has 17 heteroatoms. The zero-order valence-electron chi connectivity index (χ0n) is 26.7. The summed E-state index contributed by atoms with van der Waals surface area (Å²) in [5.74, 6) is -0.356. The predicted octanol–water partition coefficient (Wildman–Crippen LogP) is 4.62. The quantitative estimate of drug-likeness (QED) is 0.285. The minimum absolute atomic E-state index is 0.00701. The number of carbonyl (C=O) groups excluding carboxylic acids is 4. The summed E-state index contributed by atoms with van der Waals surface area (Å²) in [5.41, 5.74) is 4.35. The van der Waals surface area contributed by atoms with Crippen LogP contribution >= 0.6 is 11.3 Å². The summed E-state index contributed by atoms with van der Waals surface area (Å²) in [6.45, 7) is 1.80. The lowest BCUT2D eigenvalue weighted by atomic mass is 9.98. The van der Waals surface area contributed by atoms with E-state index in [4.69, 9.17) is 15.2 Å². The molecule has 0 radical (unpaired) electrons. The van der Waals surface area contributed by atoms with Gasteiger partial charge in [-0.15, -0.1) is 11.3 Å². The second-order valence-electron chi connectivity index (χ2n) is 12.3. The average molecular weight is 702 g/mol. The number of imide groups is 1. The number of nitrogens with one attached hydrogen (secondary N) is 1. The van der Waals surface area contributed by atoms with Crippen LogP contribution in [0.4, 0.5) is 22.8 Å². The van der Waals surface area contributed by atoms with Crippen LogP contribution < -0.4 is 20.5 Å². The average Bonchev–Trinajstić information content (AvgIpc) is 3.48. The highest BCUT2D eigenvalue weighted by atomic mass is 32.1. The molecule has 0 spiro atoms. The number of aldehydes is 1. The van der Waals surface area contributed by atoms with Gasteiger partial charge in [0.25, 0.3) is 0 Å². The molecular weight excluding hydrogens is 667 g/mol. The van der Waals surface area contributed by atoms with Gasteiger partial charge in [-0.3, -0.25) is 4.79 Å². The van der Waals surface area contributed by atoms with Gasteiger partial charge in [0.05, 0.1) is 18.0 Å². The first kappa shape index (κ1) is 34.1. The van der Waals surface area contributed by atoms with Gasteiger partial charge in [0.2, 0.25) is 11.8 Å². The Morgan fingerprint density at radius 1 is 1.18 bits per heavy atom. The number of aromatic nitrogens is 3. The molecule has 0 bridgehead atoms. The van der Waals surface area contributed by atoms with Gasteiger partial charge in [0.1, 0.15) is 29.7 Å². The van der Waals surface area contributed by atoms with E-state index in [1.54, 1.807) is 19.1 Å². The molecule has 260 valence electrons. The molecule has 6 rings (SSSR count). The number of benzene rings is 1. The lowest BCUT2D eigenvalue weighted by Crippen LogP contribution is -2.61. The number of methoxy groups -OCH3 is 1. The number of fused-ring (bicyclic) bond motifs is 3. The molecule has 4 atom stereocenters. The van der Waals surface area contributed by atoms with E-state index in [9.17, 15) is 32.3 Å². The number of hydrogen-bond acceptors (Lipinski definition) is 10. The number of thiazole rings is 1. The fourth-order valence-corrected chi connectivity index (χ4v) is 7.05. The second-order valence-corrected chi connectivity index (χ2v) is 13.2. The minimum Gasteiger partial charge on any atom is -0.496 e. The number of amides is 5. The highest BCUT2D eigenvalue weighted by molar-refractivity contribution is 7.13. The standard InChI is InChI=1S/C32H34F3N7O6S/c1-17-22(47-2)9-8-20-24(17)38-25(28-37-23(15-49-28)32(33,34)35)39-27(20)48-19-10-12-41-21(13-19)26(44)40-31(16-43)14-18(31)7-5-3-4-6-11-42(29(36)45)30(41)46/h5,7-9,15-16,18-19,21H,3-4,6,10-14H2,1-2H3,(H2,36,45)(H,40,44)/b7-5-/t18-,19+,21+,31+/m1/s1. The van der Waals surface area contributed by atoms with E-state index >= 15 is 0 Å². The SMILES string of the molecule is COc1ccc2c(O[C@H]3CCN4C(=O)N(C(N)=O)CCCC/C=C\[C@@H]5C[C@@]5(C=O)NC(=O)[C@@H]4C3)nc(-c3nc(C(F)(F)F)cs3)nc2c1C. The highest BCUT2D eigenvalue weighted by Crippen LogP contribution is 2.44. The number of nitrogens with zero attached hydrogens (tertiary/aromatic N) is 5. The number of rotatable bonds is 5. The van der Waals surface area contributed by atoms with Crippen LogP contribution in [0.15, 0.2) is 29.7 Å². The summed E-state index contributed by atoms with van der Waals surface area (Å²) in [5, 5.41) is 4.07. The van der Waals surface area contributed by atoms with Crippen LogP contribution in [-0.2, 0) is 15.8 Å². The summed E-state index contributed by atoms with van der Waals surface area (Å²) in [6, 6.07) is 0.519. The third-order valence-electron chi connectivity index (χ3n) is 9.12. The third kappa shape index (κ3) is 6.75. The van der Waals surface area contributed by atoms with Crippen molar-refractivity contribution in [3.05, 3.63) is 40.9 Å². The molecule has 5 amide bonds. The van der Waals surface area contributed by atoms with Crippen LogP contribution in [0.5, 0.6) is 11.6 Å². The van der Waals surface area contributed by atoms with Gasteiger partial charge in [0.15, 0.2) is 16.5 Å². The molecule has 1 saturated heterocycles. The predicted molar refractivity (Wildman–Crippen MR) is 171 cm³/mol. The summed E-state index contributed by atoms with van der Waals surface area (Å²) in [4.78, 5) is 67.0. The van der Waals surface area contributed by atoms with Crippen molar-refractivity contribution in [3.63, 3.8) is 0 Å². The van der Waals surface area contributed by atoms with Gasteiger partial charge in [-0.25, -0.2) is 24.5 Å². The lowest BCUT2D eigenvalue weighted by Gasteiger charge is -2.40.